The molecular formula is C20H16N4S. The van der Waals surface area contributed by atoms with E-state index in [4.69, 9.17) is 0 Å². The molecule has 0 saturated carbocycles. The Morgan fingerprint density at radius 3 is 2.88 bits per heavy atom. The van der Waals surface area contributed by atoms with Crippen molar-refractivity contribution >= 4 is 34.2 Å². The van der Waals surface area contributed by atoms with Crippen LogP contribution in [0.1, 0.15) is 16.5 Å². The Morgan fingerprint density at radius 1 is 1.04 bits per heavy atom. The molecule has 0 radical (unpaired) electrons. The smallest absolute Gasteiger partial charge is 0.147 e. The maximum absolute atomic E-state index is 4.50. The quantitative estimate of drug-likeness (QED) is 0.543. The molecule has 1 unspecified atom stereocenters. The molecule has 5 rings (SSSR count). The van der Waals surface area contributed by atoms with Gasteiger partial charge >= 0.3 is 0 Å². The van der Waals surface area contributed by atoms with Gasteiger partial charge in [-0.05, 0) is 29.8 Å². The topological polar surface area (TPSA) is 53.6 Å². The average Bonchev–Trinajstić information content (AvgIpc) is 3.29. The molecule has 25 heavy (non-hydrogen) atoms. The van der Waals surface area contributed by atoms with Crippen LogP contribution in [0.3, 0.4) is 0 Å². The summed E-state index contributed by atoms with van der Waals surface area (Å²) < 4.78 is 0. The predicted molar refractivity (Wildman–Crippen MR) is 102 cm³/mol. The first-order valence-electron chi connectivity index (χ1n) is 8.26. The number of fused-ring (bicyclic) bond motifs is 2. The largest absolute Gasteiger partial charge is 0.361 e. The van der Waals surface area contributed by atoms with Crippen molar-refractivity contribution in [2.24, 2.45) is 0 Å². The van der Waals surface area contributed by atoms with E-state index in [-0.39, 0.29) is 0 Å². The second kappa shape index (κ2) is 5.93. The molecule has 0 fully saturated rings. The number of rotatable bonds is 3. The monoisotopic (exact) mass is 344 g/mol. The fraction of sp³-hybridized carbons (Fsp3) is 0.100. The van der Waals surface area contributed by atoms with Crippen molar-refractivity contribution in [3.63, 3.8) is 0 Å². The highest BCUT2D eigenvalue weighted by molar-refractivity contribution is 8.00. The van der Waals surface area contributed by atoms with Crippen molar-refractivity contribution in [3.8, 4) is 0 Å². The van der Waals surface area contributed by atoms with Gasteiger partial charge in [-0.2, -0.15) is 0 Å². The number of nitrogens with zero attached hydrogens (tertiary/aromatic N) is 2. The van der Waals surface area contributed by atoms with Crippen LogP contribution in [0.4, 0.5) is 11.5 Å². The normalized spacial score (nSPS) is 16.1. The van der Waals surface area contributed by atoms with Gasteiger partial charge in [0.15, 0.2) is 0 Å². The van der Waals surface area contributed by atoms with E-state index >= 15 is 0 Å². The number of nitrogens with one attached hydrogen (secondary N) is 2. The maximum Gasteiger partial charge on any atom is 0.147 e. The van der Waals surface area contributed by atoms with Crippen LogP contribution in [0, 0.1) is 0 Å². The van der Waals surface area contributed by atoms with Crippen molar-refractivity contribution in [1.29, 1.82) is 0 Å². The van der Waals surface area contributed by atoms with Crippen molar-refractivity contribution < 1.29 is 0 Å². The van der Waals surface area contributed by atoms with Gasteiger partial charge in [-0.25, -0.2) is 9.97 Å². The lowest BCUT2D eigenvalue weighted by molar-refractivity contribution is 0.889. The average molecular weight is 344 g/mol. The van der Waals surface area contributed by atoms with Gasteiger partial charge in [0.1, 0.15) is 12.1 Å². The fourth-order valence-corrected chi connectivity index (χ4v) is 4.56. The van der Waals surface area contributed by atoms with Crippen LogP contribution in [-0.4, -0.2) is 15.0 Å². The summed E-state index contributed by atoms with van der Waals surface area (Å²) in [5.74, 6) is 0.892. The van der Waals surface area contributed by atoms with Crippen molar-refractivity contribution in [1.82, 2.24) is 15.0 Å². The number of aromatic nitrogens is 3. The molecule has 5 heteroatoms. The highest BCUT2D eigenvalue weighted by Crippen LogP contribution is 2.48. The molecular weight excluding hydrogens is 328 g/mol. The van der Waals surface area contributed by atoms with Crippen LogP contribution in [0.5, 0.6) is 0 Å². The van der Waals surface area contributed by atoms with Gasteiger partial charge < -0.3 is 10.3 Å². The summed E-state index contributed by atoms with van der Waals surface area (Å²) in [6, 6.07) is 19.0. The number of hydrogen-bond acceptors (Lipinski definition) is 4. The second-order valence-corrected chi connectivity index (χ2v) is 7.34. The zero-order chi connectivity index (χ0) is 16.6. The van der Waals surface area contributed by atoms with E-state index in [2.05, 4.69) is 74.9 Å². The molecule has 0 saturated heterocycles. The fourth-order valence-electron chi connectivity index (χ4n) is 3.25. The molecule has 4 nitrogen and oxygen atoms in total. The first-order valence-corrected chi connectivity index (χ1v) is 9.14. The predicted octanol–water partition coefficient (Wildman–Crippen LogP) is 5.09. The molecule has 1 aliphatic rings. The van der Waals surface area contributed by atoms with Gasteiger partial charge in [-0.3, -0.25) is 0 Å². The second-order valence-electron chi connectivity index (χ2n) is 6.12. The number of hydrogen-bond donors (Lipinski definition) is 2. The highest BCUT2D eigenvalue weighted by atomic mass is 32.2. The molecule has 1 atom stereocenters. The molecule has 2 N–H and O–H groups in total. The van der Waals surface area contributed by atoms with Gasteiger partial charge in [0, 0.05) is 34.5 Å². The summed E-state index contributed by atoms with van der Waals surface area (Å²) in [4.78, 5) is 13.4. The summed E-state index contributed by atoms with van der Waals surface area (Å²) in [5.41, 5.74) is 4.64. The molecule has 122 valence electrons. The summed E-state index contributed by atoms with van der Waals surface area (Å²) in [5, 5.41) is 5.06. The Morgan fingerprint density at radius 2 is 1.96 bits per heavy atom. The SMILES string of the molecule is c1ccc(C2Cc3ncnc(Nc4ccc5[nH]ccc5c4)c3S2)cc1. The summed E-state index contributed by atoms with van der Waals surface area (Å²) >= 11 is 1.85. The van der Waals surface area contributed by atoms with Crippen LogP contribution in [0.25, 0.3) is 10.9 Å². The van der Waals surface area contributed by atoms with E-state index in [1.165, 1.54) is 10.9 Å². The minimum absolute atomic E-state index is 0.403. The van der Waals surface area contributed by atoms with Gasteiger partial charge in [0.2, 0.25) is 0 Å². The minimum atomic E-state index is 0.403. The molecule has 2 aromatic carbocycles. The Kier molecular flexibility index (Phi) is 3.45. The Bertz CT molecular complexity index is 1040. The van der Waals surface area contributed by atoms with E-state index in [0.29, 0.717) is 5.25 Å². The van der Waals surface area contributed by atoms with E-state index in [0.717, 1.165) is 34.0 Å². The summed E-state index contributed by atoms with van der Waals surface area (Å²) in [6.07, 6.45) is 4.55. The van der Waals surface area contributed by atoms with E-state index in [1.807, 2.05) is 18.0 Å². The first kappa shape index (κ1) is 14.5. The molecule has 0 aliphatic carbocycles. The van der Waals surface area contributed by atoms with E-state index < -0.39 is 0 Å². The molecule has 3 heterocycles. The number of aromatic amines is 1. The summed E-state index contributed by atoms with van der Waals surface area (Å²) in [7, 11) is 0. The third-order valence-electron chi connectivity index (χ3n) is 4.50. The lowest BCUT2D eigenvalue weighted by Gasteiger charge is -2.10. The first-order chi connectivity index (χ1) is 12.4. The summed E-state index contributed by atoms with van der Waals surface area (Å²) in [6.45, 7) is 0. The van der Waals surface area contributed by atoms with Gasteiger partial charge in [-0.15, -0.1) is 11.8 Å². The molecule has 0 spiro atoms. The zero-order valence-electron chi connectivity index (χ0n) is 13.4. The van der Waals surface area contributed by atoms with Gasteiger partial charge in [-0.1, -0.05) is 30.3 Å². The van der Waals surface area contributed by atoms with Crippen LogP contribution < -0.4 is 5.32 Å². The highest BCUT2D eigenvalue weighted by Gasteiger charge is 2.27. The molecule has 0 bridgehead atoms. The third kappa shape index (κ3) is 2.66. The molecule has 4 aromatic rings. The van der Waals surface area contributed by atoms with Gasteiger partial charge in [0.25, 0.3) is 0 Å². The minimum Gasteiger partial charge on any atom is -0.361 e. The molecule has 2 aromatic heterocycles. The zero-order valence-corrected chi connectivity index (χ0v) is 14.3. The number of H-pyrrole nitrogens is 1. The third-order valence-corrected chi connectivity index (χ3v) is 5.89. The Hall–Kier alpha value is -2.79. The maximum atomic E-state index is 4.50. The number of benzene rings is 2. The van der Waals surface area contributed by atoms with Crippen LogP contribution in [0.15, 0.2) is 72.0 Å². The van der Waals surface area contributed by atoms with Crippen LogP contribution in [-0.2, 0) is 6.42 Å². The standard InChI is InChI=1S/C20H16N4S/c1-2-4-13(5-3-1)18-11-17-19(25-18)20(23-12-22-17)24-15-6-7-16-14(10-15)8-9-21-16/h1-10,12,18,21H,11H2,(H,22,23,24). The molecule has 1 aliphatic heterocycles. The van der Waals surface area contributed by atoms with Crippen molar-refractivity contribution in [2.45, 2.75) is 16.6 Å². The Labute approximate surface area is 149 Å². The van der Waals surface area contributed by atoms with Gasteiger partial charge in [0.05, 0.1) is 10.6 Å². The Balaban J connectivity index is 1.46. The number of thioether (sulfide) groups is 1. The lowest BCUT2D eigenvalue weighted by Crippen LogP contribution is -1.98. The van der Waals surface area contributed by atoms with Crippen LogP contribution in [0.2, 0.25) is 0 Å². The lowest BCUT2D eigenvalue weighted by atomic mass is 10.1. The molecule has 0 amide bonds. The van der Waals surface area contributed by atoms with E-state index in [1.54, 1.807) is 6.33 Å². The van der Waals surface area contributed by atoms with Crippen LogP contribution >= 0.6 is 11.8 Å². The number of anilines is 2. The van der Waals surface area contributed by atoms with Crippen molar-refractivity contribution in [3.05, 3.63) is 78.4 Å². The van der Waals surface area contributed by atoms with E-state index in [9.17, 15) is 0 Å². The van der Waals surface area contributed by atoms with Crippen molar-refractivity contribution in [2.75, 3.05) is 5.32 Å².